The molecule has 23 heavy (non-hydrogen) atoms. The van der Waals surface area contributed by atoms with Gasteiger partial charge in [-0.05, 0) is 72.6 Å². The molecule has 5 heteroatoms. The number of rotatable bonds is 1. The minimum atomic E-state index is -0.527. The van der Waals surface area contributed by atoms with E-state index in [0.717, 1.165) is 32.1 Å². The van der Waals surface area contributed by atoms with Crippen LogP contribution in [0.4, 0.5) is 4.79 Å². The molecular formula is C18H30N2O3. The van der Waals surface area contributed by atoms with Gasteiger partial charge in [-0.3, -0.25) is 9.69 Å². The van der Waals surface area contributed by atoms with Gasteiger partial charge in [-0.2, -0.15) is 0 Å². The second-order valence-electron chi connectivity index (χ2n) is 8.58. The van der Waals surface area contributed by atoms with E-state index in [0.29, 0.717) is 5.92 Å². The number of hydrogen-bond acceptors (Lipinski definition) is 3. The van der Waals surface area contributed by atoms with Crippen molar-refractivity contribution in [3.63, 3.8) is 0 Å². The smallest absolute Gasteiger partial charge is 0.411 e. The Balaban J connectivity index is 1.81. The third-order valence-electron chi connectivity index (χ3n) is 5.65. The van der Waals surface area contributed by atoms with Crippen LogP contribution in [0.2, 0.25) is 0 Å². The first kappa shape index (κ1) is 16.6. The molecule has 0 N–H and O–H groups in total. The lowest BCUT2D eigenvalue weighted by atomic mass is 9.97. The van der Waals surface area contributed by atoms with Crippen molar-refractivity contribution in [2.75, 3.05) is 0 Å². The molecule has 2 amide bonds. The van der Waals surface area contributed by atoms with E-state index in [2.05, 4.69) is 13.8 Å². The van der Waals surface area contributed by atoms with Crippen molar-refractivity contribution in [3.8, 4) is 0 Å². The Morgan fingerprint density at radius 2 is 1.57 bits per heavy atom. The summed E-state index contributed by atoms with van der Waals surface area (Å²) in [4.78, 5) is 29.7. The summed E-state index contributed by atoms with van der Waals surface area (Å²) in [6.07, 6.45) is 4.80. The van der Waals surface area contributed by atoms with E-state index >= 15 is 0 Å². The molecule has 3 aliphatic rings. The van der Waals surface area contributed by atoms with Gasteiger partial charge in [0.05, 0.1) is 0 Å². The SMILES string of the molecule is C[C@H]1CC[C@H](C)N1C(=O)[C@H]1[C@@H]2CC[C@@H](C2)N1C(=O)OC(C)(C)C. The Hall–Kier alpha value is -1.26. The molecule has 5 atom stereocenters. The highest BCUT2D eigenvalue weighted by atomic mass is 16.6. The quantitative estimate of drug-likeness (QED) is 0.745. The fourth-order valence-electron chi connectivity index (χ4n) is 4.67. The van der Waals surface area contributed by atoms with E-state index in [9.17, 15) is 9.59 Å². The summed E-state index contributed by atoms with van der Waals surface area (Å²) in [6, 6.07) is 0.415. The van der Waals surface area contributed by atoms with Crippen LogP contribution < -0.4 is 0 Å². The molecule has 0 aromatic rings. The van der Waals surface area contributed by atoms with E-state index in [1.54, 1.807) is 4.90 Å². The van der Waals surface area contributed by atoms with Gasteiger partial charge in [-0.25, -0.2) is 4.79 Å². The van der Waals surface area contributed by atoms with Gasteiger partial charge in [0, 0.05) is 18.1 Å². The topological polar surface area (TPSA) is 49.9 Å². The number of likely N-dealkylation sites (tertiary alicyclic amines) is 2. The van der Waals surface area contributed by atoms with Crippen molar-refractivity contribution in [2.24, 2.45) is 5.92 Å². The molecule has 5 nitrogen and oxygen atoms in total. The zero-order chi connectivity index (χ0) is 16.9. The number of nitrogens with zero attached hydrogens (tertiary/aromatic N) is 2. The van der Waals surface area contributed by atoms with Crippen LogP contribution >= 0.6 is 0 Å². The summed E-state index contributed by atoms with van der Waals surface area (Å²) in [5.74, 6) is 0.445. The number of carbonyl (C=O) groups excluding carboxylic acids is 2. The summed E-state index contributed by atoms with van der Waals surface area (Å²) in [5.41, 5.74) is -0.527. The molecule has 3 fully saturated rings. The van der Waals surface area contributed by atoms with Gasteiger partial charge in [0.15, 0.2) is 0 Å². The number of carbonyl (C=O) groups is 2. The molecule has 0 spiro atoms. The largest absolute Gasteiger partial charge is 0.444 e. The number of amides is 2. The van der Waals surface area contributed by atoms with E-state index in [1.807, 2.05) is 25.7 Å². The molecule has 2 saturated heterocycles. The molecule has 2 heterocycles. The molecule has 0 aromatic carbocycles. The van der Waals surface area contributed by atoms with Crippen molar-refractivity contribution in [1.82, 2.24) is 9.80 Å². The summed E-state index contributed by atoms with van der Waals surface area (Å²) in [7, 11) is 0. The maximum Gasteiger partial charge on any atom is 0.411 e. The third kappa shape index (κ3) is 2.94. The second kappa shape index (κ2) is 5.67. The van der Waals surface area contributed by atoms with Crippen molar-refractivity contribution in [1.29, 1.82) is 0 Å². The fraction of sp³-hybridized carbons (Fsp3) is 0.889. The van der Waals surface area contributed by atoms with Crippen LogP contribution in [0.25, 0.3) is 0 Å². The Kier molecular flexibility index (Phi) is 4.09. The molecule has 1 saturated carbocycles. The van der Waals surface area contributed by atoms with Gasteiger partial charge in [-0.15, -0.1) is 0 Å². The lowest BCUT2D eigenvalue weighted by Crippen LogP contribution is -2.56. The van der Waals surface area contributed by atoms with Crippen molar-refractivity contribution in [3.05, 3.63) is 0 Å². The first-order valence-electron chi connectivity index (χ1n) is 9.02. The number of piperidine rings is 1. The van der Waals surface area contributed by atoms with Crippen molar-refractivity contribution < 1.29 is 14.3 Å². The maximum atomic E-state index is 13.2. The monoisotopic (exact) mass is 322 g/mol. The summed E-state index contributed by atoms with van der Waals surface area (Å²) in [5, 5.41) is 0. The second-order valence-corrected chi connectivity index (χ2v) is 8.58. The highest BCUT2D eigenvalue weighted by molar-refractivity contribution is 5.88. The molecular weight excluding hydrogens is 292 g/mol. The molecule has 0 radical (unpaired) electrons. The third-order valence-corrected chi connectivity index (χ3v) is 5.65. The standard InChI is InChI=1S/C18H30N2O3/c1-11-6-7-12(2)19(11)16(21)15-13-8-9-14(10-13)20(15)17(22)23-18(3,4)5/h11-15H,6-10H2,1-5H3/t11-,12-,13+,14-,15+/m0/s1. The molecule has 0 unspecified atom stereocenters. The van der Waals surface area contributed by atoms with E-state index < -0.39 is 5.60 Å². The predicted molar refractivity (Wildman–Crippen MR) is 88.0 cm³/mol. The van der Waals surface area contributed by atoms with Crippen LogP contribution in [-0.2, 0) is 9.53 Å². The minimum Gasteiger partial charge on any atom is -0.444 e. The number of hydrogen-bond donors (Lipinski definition) is 0. The van der Waals surface area contributed by atoms with Crippen LogP contribution in [-0.4, -0.2) is 51.6 Å². The first-order chi connectivity index (χ1) is 10.7. The van der Waals surface area contributed by atoms with Crippen LogP contribution in [0.15, 0.2) is 0 Å². The normalized spacial score (nSPS) is 36.7. The van der Waals surface area contributed by atoms with Gasteiger partial charge in [0.25, 0.3) is 0 Å². The Bertz CT molecular complexity index is 489. The number of fused-ring (bicyclic) bond motifs is 2. The predicted octanol–water partition coefficient (Wildman–Crippen LogP) is 3.17. The van der Waals surface area contributed by atoms with Crippen LogP contribution in [0.1, 0.15) is 66.7 Å². The highest BCUT2D eigenvalue weighted by Crippen LogP contribution is 2.44. The summed E-state index contributed by atoms with van der Waals surface area (Å²) in [6.45, 7) is 9.86. The molecule has 130 valence electrons. The van der Waals surface area contributed by atoms with E-state index in [4.69, 9.17) is 4.74 Å². The molecule has 0 aromatic heterocycles. The van der Waals surface area contributed by atoms with E-state index in [1.165, 1.54) is 0 Å². The van der Waals surface area contributed by atoms with Gasteiger partial charge < -0.3 is 9.64 Å². The summed E-state index contributed by atoms with van der Waals surface area (Å²) < 4.78 is 5.59. The highest BCUT2D eigenvalue weighted by Gasteiger charge is 2.54. The zero-order valence-electron chi connectivity index (χ0n) is 15.0. The van der Waals surface area contributed by atoms with Gasteiger partial charge in [-0.1, -0.05) is 0 Å². The van der Waals surface area contributed by atoms with Crippen molar-refractivity contribution >= 4 is 12.0 Å². The maximum absolute atomic E-state index is 13.2. The summed E-state index contributed by atoms with van der Waals surface area (Å²) >= 11 is 0. The first-order valence-corrected chi connectivity index (χ1v) is 9.02. The fourth-order valence-corrected chi connectivity index (χ4v) is 4.67. The lowest BCUT2D eigenvalue weighted by Gasteiger charge is -2.39. The van der Waals surface area contributed by atoms with Crippen molar-refractivity contribution in [2.45, 2.75) is 96.5 Å². The molecule has 1 aliphatic carbocycles. The Morgan fingerprint density at radius 3 is 2.13 bits per heavy atom. The molecule has 2 bridgehead atoms. The van der Waals surface area contributed by atoms with Crippen LogP contribution in [0, 0.1) is 5.92 Å². The van der Waals surface area contributed by atoms with Gasteiger partial charge in [0.1, 0.15) is 11.6 Å². The van der Waals surface area contributed by atoms with Crippen LogP contribution in [0.5, 0.6) is 0 Å². The zero-order valence-corrected chi connectivity index (χ0v) is 15.0. The molecule has 2 aliphatic heterocycles. The average molecular weight is 322 g/mol. The average Bonchev–Trinajstić information content (AvgIpc) is 3.10. The minimum absolute atomic E-state index is 0.139. The van der Waals surface area contributed by atoms with Gasteiger partial charge in [0.2, 0.25) is 5.91 Å². The van der Waals surface area contributed by atoms with Gasteiger partial charge >= 0.3 is 6.09 Å². The Morgan fingerprint density at radius 1 is 0.957 bits per heavy atom. The number of ether oxygens (including phenoxy) is 1. The van der Waals surface area contributed by atoms with E-state index in [-0.39, 0.29) is 36.2 Å². The van der Waals surface area contributed by atoms with Crippen LogP contribution in [0.3, 0.4) is 0 Å². The lowest BCUT2D eigenvalue weighted by molar-refractivity contribution is -0.140. The Labute approximate surface area is 139 Å². The molecule has 3 rings (SSSR count).